The van der Waals surface area contributed by atoms with Crippen molar-refractivity contribution in [1.82, 2.24) is 5.32 Å². The number of hydrogen-bond acceptors (Lipinski definition) is 6. The largest absolute Gasteiger partial charge is 0.493 e. The highest BCUT2D eigenvalue weighted by atomic mass is 16.5. The molecule has 1 aliphatic rings. The molecule has 1 aliphatic heterocycles. The number of methoxy groups -OCH3 is 1. The van der Waals surface area contributed by atoms with Crippen LogP contribution in [0.4, 0.5) is 10.5 Å². The number of nitrogens with one attached hydrogen (secondary N) is 1. The van der Waals surface area contributed by atoms with Crippen LogP contribution < -0.4 is 19.7 Å². The molecule has 9 heteroatoms. The van der Waals surface area contributed by atoms with Gasteiger partial charge in [-0.15, -0.1) is 0 Å². The van der Waals surface area contributed by atoms with Crippen molar-refractivity contribution in [2.75, 3.05) is 12.0 Å². The molecule has 1 saturated heterocycles. The van der Waals surface area contributed by atoms with Gasteiger partial charge in [-0.25, -0.2) is 14.5 Å². The Labute approximate surface area is 184 Å². The normalized spacial score (nSPS) is 16.1. The van der Waals surface area contributed by atoms with Gasteiger partial charge in [0.1, 0.15) is 5.57 Å². The average Bonchev–Trinajstić information content (AvgIpc) is 2.74. The molecule has 0 unspecified atom stereocenters. The first-order valence-corrected chi connectivity index (χ1v) is 9.69. The van der Waals surface area contributed by atoms with E-state index < -0.39 is 29.9 Å². The minimum Gasteiger partial charge on any atom is -0.493 e. The molecule has 9 nitrogen and oxygen atoms in total. The lowest BCUT2D eigenvalue weighted by Crippen LogP contribution is -2.54. The Kier molecular flexibility index (Phi) is 6.29. The molecule has 166 valence electrons. The summed E-state index contributed by atoms with van der Waals surface area (Å²) >= 11 is 0. The Morgan fingerprint density at radius 3 is 2.50 bits per heavy atom. The summed E-state index contributed by atoms with van der Waals surface area (Å²) in [5.41, 5.74) is 2.20. The maximum Gasteiger partial charge on any atom is 0.344 e. The van der Waals surface area contributed by atoms with Gasteiger partial charge in [-0.1, -0.05) is 18.2 Å². The quantitative estimate of drug-likeness (QED) is 0.525. The predicted octanol–water partition coefficient (Wildman–Crippen LogP) is 2.83. The summed E-state index contributed by atoms with van der Waals surface area (Å²) in [5, 5.41) is 11.2. The molecule has 3 rings (SSSR count). The SMILES string of the molecule is COc1cc(/C=C2/C(=O)NC(=O)N(c3cccc(C)c3C)C2=O)ccc1O[C@H](C)C(=O)O. The van der Waals surface area contributed by atoms with Crippen LogP contribution >= 0.6 is 0 Å². The molecule has 1 fully saturated rings. The monoisotopic (exact) mass is 438 g/mol. The zero-order valence-electron chi connectivity index (χ0n) is 18.0. The fraction of sp³-hybridized carbons (Fsp3) is 0.217. The van der Waals surface area contributed by atoms with E-state index in [2.05, 4.69) is 5.32 Å². The standard InChI is InChI=1S/C23H22N2O7/c1-12-6-5-7-17(13(12)2)25-21(27)16(20(26)24-23(25)30)10-15-8-9-18(19(11-15)31-4)32-14(3)22(28)29/h5-11,14H,1-4H3,(H,28,29)(H,24,26,30)/b16-10-/t14-/m1/s1. The van der Waals surface area contributed by atoms with Gasteiger partial charge in [0.2, 0.25) is 0 Å². The van der Waals surface area contributed by atoms with Crippen LogP contribution in [0.3, 0.4) is 0 Å². The number of carboxylic acid groups (broad SMARTS) is 1. The number of benzene rings is 2. The number of amides is 4. The maximum absolute atomic E-state index is 13.1. The van der Waals surface area contributed by atoms with Crippen molar-refractivity contribution in [2.45, 2.75) is 26.9 Å². The molecule has 0 spiro atoms. The second-order valence-electron chi connectivity index (χ2n) is 7.19. The molecular formula is C23H22N2O7. The highest BCUT2D eigenvalue weighted by Gasteiger charge is 2.37. The molecule has 2 N–H and O–H groups in total. The number of aryl methyl sites for hydroxylation is 1. The van der Waals surface area contributed by atoms with E-state index in [1.165, 1.54) is 32.2 Å². The van der Waals surface area contributed by atoms with Gasteiger partial charge in [-0.3, -0.25) is 14.9 Å². The van der Waals surface area contributed by atoms with Gasteiger partial charge in [0, 0.05) is 0 Å². The molecule has 0 aromatic heterocycles. The molecule has 0 radical (unpaired) electrons. The number of anilines is 1. The van der Waals surface area contributed by atoms with Gasteiger partial charge in [-0.2, -0.15) is 0 Å². The van der Waals surface area contributed by atoms with Crippen LogP contribution in [-0.2, 0) is 14.4 Å². The van der Waals surface area contributed by atoms with Crippen LogP contribution in [-0.4, -0.2) is 42.1 Å². The summed E-state index contributed by atoms with van der Waals surface area (Å²) in [5.74, 6) is -2.31. The Hall–Kier alpha value is -4.14. The van der Waals surface area contributed by atoms with E-state index in [1.807, 2.05) is 13.0 Å². The number of carboxylic acids is 1. The number of carbonyl (C=O) groups excluding carboxylic acids is 3. The van der Waals surface area contributed by atoms with Crippen molar-refractivity contribution in [3.05, 3.63) is 58.7 Å². The lowest BCUT2D eigenvalue weighted by molar-refractivity contribution is -0.144. The number of aliphatic carboxylic acids is 1. The number of carbonyl (C=O) groups is 4. The molecule has 4 amide bonds. The van der Waals surface area contributed by atoms with Gasteiger partial charge >= 0.3 is 12.0 Å². The van der Waals surface area contributed by atoms with Crippen LogP contribution in [0, 0.1) is 13.8 Å². The summed E-state index contributed by atoms with van der Waals surface area (Å²) in [4.78, 5) is 49.9. The van der Waals surface area contributed by atoms with Crippen molar-refractivity contribution >= 4 is 35.6 Å². The van der Waals surface area contributed by atoms with E-state index in [9.17, 15) is 19.2 Å². The van der Waals surface area contributed by atoms with Crippen LogP contribution in [0.5, 0.6) is 11.5 Å². The summed E-state index contributed by atoms with van der Waals surface area (Å²) in [6, 6.07) is 8.90. The topological polar surface area (TPSA) is 122 Å². The molecule has 0 saturated carbocycles. The first kappa shape index (κ1) is 22.5. The number of barbiturate groups is 1. The minimum absolute atomic E-state index is 0.191. The second-order valence-corrected chi connectivity index (χ2v) is 7.19. The first-order chi connectivity index (χ1) is 15.1. The number of urea groups is 1. The maximum atomic E-state index is 13.1. The lowest BCUT2D eigenvalue weighted by Gasteiger charge is -2.28. The van der Waals surface area contributed by atoms with Crippen molar-refractivity contribution in [3.63, 3.8) is 0 Å². The third kappa shape index (κ3) is 4.31. The Morgan fingerprint density at radius 1 is 1.12 bits per heavy atom. The van der Waals surface area contributed by atoms with E-state index in [0.717, 1.165) is 16.0 Å². The van der Waals surface area contributed by atoms with Crippen LogP contribution in [0.2, 0.25) is 0 Å². The Bertz CT molecular complexity index is 1150. The molecule has 32 heavy (non-hydrogen) atoms. The highest BCUT2D eigenvalue weighted by Crippen LogP contribution is 2.31. The van der Waals surface area contributed by atoms with Crippen molar-refractivity contribution in [3.8, 4) is 11.5 Å². The van der Waals surface area contributed by atoms with Crippen LogP contribution in [0.1, 0.15) is 23.6 Å². The Morgan fingerprint density at radius 2 is 1.84 bits per heavy atom. The van der Waals surface area contributed by atoms with Crippen LogP contribution in [0.15, 0.2) is 42.0 Å². The van der Waals surface area contributed by atoms with Gasteiger partial charge in [0.05, 0.1) is 12.8 Å². The molecule has 2 aromatic carbocycles. The number of nitrogens with zero attached hydrogens (tertiary/aromatic N) is 1. The summed E-state index contributed by atoms with van der Waals surface area (Å²) in [6.45, 7) is 5.02. The van der Waals surface area contributed by atoms with Gasteiger partial charge in [0.15, 0.2) is 17.6 Å². The number of imide groups is 2. The molecule has 0 aliphatic carbocycles. The van der Waals surface area contributed by atoms with E-state index in [1.54, 1.807) is 25.1 Å². The Balaban J connectivity index is 1.99. The highest BCUT2D eigenvalue weighted by molar-refractivity contribution is 6.39. The lowest BCUT2D eigenvalue weighted by atomic mass is 10.0. The van der Waals surface area contributed by atoms with E-state index in [0.29, 0.717) is 11.3 Å². The van der Waals surface area contributed by atoms with Crippen molar-refractivity contribution < 1.29 is 33.8 Å². The minimum atomic E-state index is -1.14. The fourth-order valence-electron chi connectivity index (χ4n) is 3.13. The predicted molar refractivity (Wildman–Crippen MR) is 116 cm³/mol. The van der Waals surface area contributed by atoms with Crippen molar-refractivity contribution in [1.29, 1.82) is 0 Å². The molecule has 1 atom stereocenters. The first-order valence-electron chi connectivity index (χ1n) is 9.69. The van der Waals surface area contributed by atoms with E-state index in [-0.39, 0.29) is 17.1 Å². The summed E-state index contributed by atoms with van der Waals surface area (Å²) in [7, 11) is 1.38. The summed E-state index contributed by atoms with van der Waals surface area (Å²) in [6.07, 6.45) is 0.228. The zero-order chi connectivity index (χ0) is 23.6. The number of ether oxygens (including phenoxy) is 2. The summed E-state index contributed by atoms with van der Waals surface area (Å²) < 4.78 is 10.6. The van der Waals surface area contributed by atoms with E-state index >= 15 is 0 Å². The third-order valence-electron chi connectivity index (χ3n) is 5.07. The average molecular weight is 438 g/mol. The molecular weight excluding hydrogens is 416 g/mol. The van der Waals surface area contributed by atoms with Gasteiger partial charge in [-0.05, 0) is 61.7 Å². The van der Waals surface area contributed by atoms with Gasteiger partial charge < -0.3 is 14.6 Å². The molecule has 1 heterocycles. The second kappa shape index (κ2) is 8.93. The third-order valence-corrected chi connectivity index (χ3v) is 5.07. The van der Waals surface area contributed by atoms with Gasteiger partial charge in [0.25, 0.3) is 11.8 Å². The number of hydrogen-bond donors (Lipinski definition) is 2. The van der Waals surface area contributed by atoms with E-state index in [4.69, 9.17) is 14.6 Å². The van der Waals surface area contributed by atoms with Crippen molar-refractivity contribution in [2.24, 2.45) is 0 Å². The fourth-order valence-corrected chi connectivity index (χ4v) is 3.13. The van der Waals surface area contributed by atoms with Crippen LogP contribution in [0.25, 0.3) is 6.08 Å². The molecule has 2 aromatic rings. The molecule has 0 bridgehead atoms. The zero-order valence-corrected chi connectivity index (χ0v) is 18.0. The number of rotatable bonds is 6. The smallest absolute Gasteiger partial charge is 0.344 e.